The third-order valence-corrected chi connectivity index (χ3v) is 11.5. The van der Waals surface area contributed by atoms with E-state index in [0.29, 0.717) is 81.2 Å². The molecule has 1 amide bonds. The number of amides is 1. The summed E-state index contributed by atoms with van der Waals surface area (Å²) in [5.41, 5.74) is 3.38. The van der Waals surface area contributed by atoms with E-state index >= 15 is 4.39 Å². The molecule has 4 aliphatic heterocycles. The van der Waals surface area contributed by atoms with Crippen molar-refractivity contribution in [2.45, 2.75) is 76.8 Å². The topological polar surface area (TPSA) is 122 Å². The zero-order valence-corrected chi connectivity index (χ0v) is 31.4. The van der Waals surface area contributed by atoms with E-state index in [2.05, 4.69) is 19.8 Å². The molecule has 288 valence electrons. The summed E-state index contributed by atoms with van der Waals surface area (Å²) in [5.74, 6) is 0.559. The first-order valence-corrected chi connectivity index (χ1v) is 18.9. The van der Waals surface area contributed by atoms with Crippen molar-refractivity contribution >= 4 is 28.2 Å². The average Bonchev–Trinajstić information content (AvgIpc) is 3.74. The van der Waals surface area contributed by atoms with Crippen LogP contribution in [0.4, 0.5) is 20.3 Å². The van der Waals surface area contributed by atoms with Gasteiger partial charge in [-0.15, -0.1) is 0 Å². The number of aryl methyl sites for hydroxylation is 2. The Morgan fingerprint density at radius 3 is 2.72 bits per heavy atom. The molecule has 2 saturated heterocycles. The van der Waals surface area contributed by atoms with Gasteiger partial charge in [-0.2, -0.15) is 15.1 Å². The predicted octanol–water partition coefficient (Wildman–Crippen LogP) is 4.85. The molecule has 0 aliphatic carbocycles. The molecule has 15 heteroatoms. The molecule has 13 nitrogen and oxygen atoms in total. The first-order chi connectivity index (χ1) is 26.1. The molecule has 0 saturated carbocycles. The van der Waals surface area contributed by atoms with Gasteiger partial charge in [0, 0.05) is 76.5 Å². The van der Waals surface area contributed by atoms with Crippen LogP contribution < -0.4 is 19.3 Å². The van der Waals surface area contributed by atoms with Gasteiger partial charge in [0.15, 0.2) is 18.2 Å². The van der Waals surface area contributed by atoms with Crippen molar-refractivity contribution in [3.63, 3.8) is 0 Å². The Labute approximate surface area is 313 Å². The lowest BCUT2D eigenvalue weighted by molar-refractivity contribution is 0.0512. The minimum absolute atomic E-state index is 0.0242. The minimum Gasteiger partial charge on any atom is -0.504 e. The lowest BCUT2D eigenvalue weighted by Gasteiger charge is -2.35. The number of carbonyl (C=O) groups excluding carboxylic acids is 1. The number of hydrogen-bond acceptors (Lipinski definition) is 11. The fourth-order valence-electron chi connectivity index (χ4n) is 8.88. The highest BCUT2D eigenvalue weighted by Gasteiger charge is 2.49. The SMILES string of the molecule is CCc1c(F)ccc2cc(OCOC)cc(N3CCc4c(nc(OC[C@@]56CCCN5C[C@H](F)C6)nc4N4CCCn5nc(C(=O)N(C)C)c(O)c5C4)C3)c12. The highest BCUT2D eigenvalue weighted by molar-refractivity contribution is 5.98. The molecular weight excluding hydrogens is 698 g/mol. The molecule has 0 unspecified atom stereocenters. The number of alkyl halides is 1. The molecule has 0 bridgehead atoms. The van der Waals surface area contributed by atoms with Gasteiger partial charge in [-0.25, -0.2) is 8.78 Å². The van der Waals surface area contributed by atoms with Crippen LogP contribution in [0, 0.1) is 5.82 Å². The van der Waals surface area contributed by atoms with Crippen molar-refractivity contribution < 1.29 is 32.9 Å². The Kier molecular flexibility index (Phi) is 9.71. The smallest absolute Gasteiger partial charge is 0.318 e. The number of ether oxygens (including phenoxy) is 3. The number of halogens is 2. The Hall–Kier alpha value is -4.76. The first-order valence-electron chi connectivity index (χ1n) is 18.9. The van der Waals surface area contributed by atoms with Gasteiger partial charge in [0.1, 0.15) is 35.9 Å². The minimum atomic E-state index is -0.891. The van der Waals surface area contributed by atoms with E-state index < -0.39 is 6.17 Å². The van der Waals surface area contributed by atoms with Gasteiger partial charge in [-0.1, -0.05) is 13.0 Å². The van der Waals surface area contributed by atoms with Crippen molar-refractivity contribution in [2.24, 2.45) is 0 Å². The fraction of sp³-hybridized carbons (Fsp3) is 0.538. The van der Waals surface area contributed by atoms with Crippen molar-refractivity contribution in [3.8, 4) is 17.5 Å². The van der Waals surface area contributed by atoms with E-state index in [4.69, 9.17) is 24.2 Å². The van der Waals surface area contributed by atoms with Gasteiger partial charge >= 0.3 is 6.01 Å². The monoisotopic (exact) mass is 746 g/mol. The van der Waals surface area contributed by atoms with Crippen LogP contribution in [0.3, 0.4) is 0 Å². The molecule has 8 rings (SSSR count). The van der Waals surface area contributed by atoms with E-state index in [1.807, 2.05) is 19.1 Å². The van der Waals surface area contributed by atoms with Crippen LogP contribution in [0.1, 0.15) is 65.6 Å². The number of fused-ring (bicyclic) bond motifs is 4. The number of aromatic nitrogens is 4. The summed E-state index contributed by atoms with van der Waals surface area (Å²) in [5, 5.41) is 17.5. The van der Waals surface area contributed by atoms with Crippen LogP contribution in [-0.4, -0.2) is 113 Å². The average molecular weight is 747 g/mol. The molecule has 54 heavy (non-hydrogen) atoms. The molecule has 1 N–H and O–H groups in total. The number of nitrogens with zero attached hydrogens (tertiary/aromatic N) is 8. The molecule has 4 aromatic rings. The van der Waals surface area contributed by atoms with E-state index in [-0.39, 0.29) is 54.7 Å². The maximum atomic E-state index is 15.3. The Bertz CT molecular complexity index is 2080. The summed E-state index contributed by atoms with van der Waals surface area (Å²) in [7, 11) is 4.83. The third-order valence-electron chi connectivity index (χ3n) is 11.5. The number of rotatable bonds is 10. The molecular formula is C39H48F2N8O5. The molecule has 2 aromatic carbocycles. The number of hydrogen-bond donors (Lipinski definition) is 1. The largest absolute Gasteiger partial charge is 0.504 e. The van der Waals surface area contributed by atoms with Crippen LogP contribution in [0.25, 0.3) is 10.8 Å². The van der Waals surface area contributed by atoms with Gasteiger partial charge < -0.3 is 34.0 Å². The van der Waals surface area contributed by atoms with Crippen LogP contribution >= 0.6 is 0 Å². The standard InChI is InChI=1S/C39H48F2N8O5/c1-5-27-29(41)9-8-24-16-26(54-23-52-4)17-31(33(24)27)46-15-10-28-30(20-46)42-38(53-22-39-11-6-13-48(39)19-25(40)18-39)43-36(28)47-12-7-14-49-32(21-47)35(50)34(44-49)37(51)45(2)3/h8-9,16-17,25,50H,5-7,10-15,18-23H2,1-4H3/t25-,39+/m1/s1. The van der Waals surface area contributed by atoms with Crippen LogP contribution in [0.15, 0.2) is 24.3 Å². The molecule has 0 spiro atoms. The summed E-state index contributed by atoms with van der Waals surface area (Å²) in [6, 6.07) is 7.35. The molecule has 0 radical (unpaired) electrons. The van der Waals surface area contributed by atoms with Crippen LogP contribution in [0.2, 0.25) is 0 Å². The Morgan fingerprint density at radius 2 is 1.93 bits per heavy atom. The number of anilines is 2. The quantitative estimate of drug-likeness (QED) is 0.225. The predicted molar refractivity (Wildman–Crippen MR) is 199 cm³/mol. The van der Waals surface area contributed by atoms with Crippen molar-refractivity contribution in [2.75, 3.05) is 70.6 Å². The third kappa shape index (κ3) is 6.44. The summed E-state index contributed by atoms with van der Waals surface area (Å²) >= 11 is 0. The van der Waals surface area contributed by atoms with Crippen LogP contribution in [0.5, 0.6) is 17.5 Å². The fourth-order valence-corrected chi connectivity index (χ4v) is 8.88. The van der Waals surface area contributed by atoms with Gasteiger partial charge in [-0.3, -0.25) is 14.4 Å². The second-order valence-electron chi connectivity index (χ2n) is 15.1. The van der Waals surface area contributed by atoms with Crippen molar-refractivity contribution in [1.82, 2.24) is 29.5 Å². The molecule has 2 fully saturated rings. The Morgan fingerprint density at radius 1 is 1.07 bits per heavy atom. The second kappa shape index (κ2) is 14.5. The molecule has 2 atom stereocenters. The Balaban J connectivity index is 1.19. The number of aromatic hydroxyl groups is 1. The zero-order valence-electron chi connectivity index (χ0n) is 31.4. The lowest BCUT2D eigenvalue weighted by atomic mass is 9.95. The van der Waals surface area contributed by atoms with Gasteiger partial charge in [-0.05, 0) is 61.7 Å². The summed E-state index contributed by atoms with van der Waals surface area (Å²) in [6.45, 7) is 5.98. The van der Waals surface area contributed by atoms with Crippen molar-refractivity contribution in [1.29, 1.82) is 0 Å². The number of benzene rings is 2. The summed E-state index contributed by atoms with van der Waals surface area (Å²) in [6.07, 6.45) is 3.18. The highest BCUT2D eigenvalue weighted by Crippen LogP contribution is 2.42. The summed E-state index contributed by atoms with van der Waals surface area (Å²) in [4.78, 5) is 30.9. The molecule has 2 aromatic heterocycles. The summed E-state index contributed by atoms with van der Waals surface area (Å²) < 4.78 is 49.3. The molecule has 4 aliphatic rings. The van der Waals surface area contributed by atoms with E-state index in [1.165, 1.54) is 11.0 Å². The second-order valence-corrected chi connectivity index (χ2v) is 15.1. The normalized spacial score (nSPS) is 21.2. The van der Waals surface area contributed by atoms with Gasteiger partial charge in [0.2, 0.25) is 0 Å². The first kappa shape index (κ1) is 36.2. The number of carbonyl (C=O) groups is 1. The molecule has 6 heterocycles. The van der Waals surface area contributed by atoms with E-state index in [0.717, 1.165) is 47.1 Å². The number of methoxy groups -OCH3 is 1. The maximum absolute atomic E-state index is 15.3. The zero-order chi connectivity index (χ0) is 37.7. The van der Waals surface area contributed by atoms with Gasteiger partial charge in [0.05, 0.1) is 24.3 Å². The van der Waals surface area contributed by atoms with E-state index in [1.54, 1.807) is 32.0 Å². The lowest BCUT2D eigenvalue weighted by Crippen LogP contribution is -2.43. The van der Waals surface area contributed by atoms with Crippen molar-refractivity contribution in [3.05, 3.63) is 58.3 Å². The maximum Gasteiger partial charge on any atom is 0.318 e. The van der Waals surface area contributed by atoms with E-state index in [9.17, 15) is 14.3 Å². The van der Waals surface area contributed by atoms with Gasteiger partial charge in [0.25, 0.3) is 5.91 Å². The highest BCUT2D eigenvalue weighted by atomic mass is 19.1. The van der Waals surface area contributed by atoms with Crippen LogP contribution in [-0.2, 0) is 37.2 Å².